The zero-order valence-corrected chi connectivity index (χ0v) is 18.4. The number of imide groups is 1. The highest BCUT2D eigenvalue weighted by molar-refractivity contribution is 6.08. The van der Waals surface area contributed by atoms with Gasteiger partial charge in [-0.15, -0.1) is 0 Å². The first-order valence-electron chi connectivity index (χ1n) is 10.7. The minimum Gasteiger partial charge on any atom is -0.386 e. The van der Waals surface area contributed by atoms with Crippen molar-refractivity contribution < 1.29 is 19.5 Å². The van der Waals surface area contributed by atoms with Crippen LogP contribution in [0.15, 0.2) is 72.8 Å². The molecule has 1 heterocycles. The standard InChI is InChI=1S/C26H25N3O4/c1-16-6-10-18(11-7-16)19-4-3-5-20(14-19)24(31)23-25(32)29(26(33)28-23)15-22(30)27-21-12-8-17(2)9-13-21/h3-14,23-24,31H,15H2,1-2H3,(H,27,30)(H,28,33). The summed E-state index contributed by atoms with van der Waals surface area (Å²) in [4.78, 5) is 38.4. The van der Waals surface area contributed by atoms with E-state index in [0.29, 0.717) is 11.3 Å². The maximum Gasteiger partial charge on any atom is 0.325 e. The fourth-order valence-electron chi connectivity index (χ4n) is 3.73. The van der Waals surface area contributed by atoms with E-state index in [-0.39, 0.29) is 0 Å². The van der Waals surface area contributed by atoms with E-state index >= 15 is 0 Å². The molecule has 1 aliphatic rings. The molecule has 2 atom stereocenters. The molecule has 0 spiro atoms. The second kappa shape index (κ2) is 9.26. The third-order valence-electron chi connectivity index (χ3n) is 5.62. The van der Waals surface area contributed by atoms with Gasteiger partial charge in [-0.3, -0.25) is 14.5 Å². The number of hydrogen-bond acceptors (Lipinski definition) is 4. The fraction of sp³-hybridized carbons (Fsp3) is 0.192. The third-order valence-corrected chi connectivity index (χ3v) is 5.62. The number of carbonyl (C=O) groups is 3. The van der Waals surface area contributed by atoms with Crippen LogP contribution in [0.4, 0.5) is 10.5 Å². The lowest BCUT2D eigenvalue weighted by atomic mass is 9.97. The fourth-order valence-corrected chi connectivity index (χ4v) is 3.73. The molecule has 0 aromatic heterocycles. The van der Waals surface area contributed by atoms with E-state index in [9.17, 15) is 19.5 Å². The molecule has 4 rings (SSSR count). The summed E-state index contributed by atoms with van der Waals surface area (Å²) in [6.07, 6.45) is -1.25. The average molecular weight is 444 g/mol. The molecule has 3 N–H and O–H groups in total. The van der Waals surface area contributed by atoms with Crippen molar-refractivity contribution >= 4 is 23.5 Å². The van der Waals surface area contributed by atoms with Crippen molar-refractivity contribution in [2.45, 2.75) is 26.0 Å². The van der Waals surface area contributed by atoms with Gasteiger partial charge in [-0.1, -0.05) is 65.7 Å². The van der Waals surface area contributed by atoms with E-state index in [0.717, 1.165) is 27.2 Å². The van der Waals surface area contributed by atoms with Crippen LogP contribution < -0.4 is 10.6 Å². The number of carbonyl (C=O) groups excluding carboxylic acids is 3. The molecular formula is C26H25N3O4. The highest BCUT2D eigenvalue weighted by Gasteiger charge is 2.43. The second-order valence-corrected chi connectivity index (χ2v) is 8.20. The van der Waals surface area contributed by atoms with Crippen molar-refractivity contribution in [2.24, 2.45) is 0 Å². The summed E-state index contributed by atoms with van der Waals surface area (Å²) in [5.41, 5.74) is 5.12. The Morgan fingerprint density at radius 1 is 0.970 bits per heavy atom. The van der Waals surface area contributed by atoms with Gasteiger partial charge in [-0.05, 0) is 48.7 Å². The van der Waals surface area contributed by atoms with E-state index in [4.69, 9.17) is 0 Å². The summed E-state index contributed by atoms with van der Waals surface area (Å²) in [7, 11) is 0. The number of urea groups is 1. The molecule has 168 valence electrons. The molecule has 7 nitrogen and oxygen atoms in total. The summed E-state index contributed by atoms with van der Waals surface area (Å²) < 4.78 is 0. The monoisotopic (exact) mass is 443 g/mol. The van der Waals surface area contributed by atoms with E-state index in [1.54, 1.807) is 30.3 Å². The van der Waals surface area contributed by atoms with Crippen LogP contribution >= 0.6 is 0 Å². The van der Waals surface area contributed by atoms with Gasteiger partial charge in [0.25, 0.3) is 5.91 Å². The Morgan fingerprint density at radius 2 is 1.61 bits per heavy atom. The predicted octanol–water partition coefficient (Wildman–Crippen LogP) is 3.56. The number of amides is 4. The molecule has 2 unspecified atom stereocenters. The second-order valence-electron chi connectivity index (χ2n) is 8.20. The average Bonchev–Trinajstić information content (AvgIpc) is 3.09. The molecule has 4 amide bonds. The Balaban J connectivity index is 1.45. The first-order chi connectivity index (χ1) is 15.8. The molecule has 0 aliphatic carbocycles. The molecule has 3 aromatic carbocycles. The first kappa shape index (κ1) is 22.2. The van der Waals surface area contributed by atoms with Crippen molar-refractivity contribution in [3.05, 3.63) is 89.5 Å². The Kier molecular flexibility index (Phi) is 6.24. The molecule has 1 fully saturated rings. The van der Waals surface area contributed by atoms with E-state index in [1.165, 1.54) is 0 Å². The van der Waals surface area contributed by atoms with E-state index < -0.39 is 36.5 Å². The predicted molar refractivity (Wildman–Crippen MR) is 125 cm³/mol. The lowest BCUT2D eigenvalue weighted by molar-refractivity contribution is -0.132. The Bertz CT molecular complexity index is 1190. The molecule has 0 radical (unpaired) electrons. The summed E-state index contributed by atoms with van der Waals surface area (Å²) in [5, 5.41) is 16.0. The molecule has 1 saturated heterocycles. The Hall–Kier alpha value is -3.97. The molecule has 0 bridgehead atoms. The van der Waals surface area contributed by atoms with Gasteiger partial charge >= 0.3 is 6.03 Å². The number of hydrogen-bond donors (Lipinski definition) is 3. The van der Waals surface area contributed by atoms with Crippen molar-refractivity contribution in [1.29, 1.82) is 0 Å². The SMILES string of the molecule is Cc1ccc(NC(=O)CN2C(=O)NC(C(O)c3cccc(-c4ccc(C)cc4)c3)C2=O)cc1. The van der Waals surface area contributed by atoms with Gasteiger partial charge in [0.2, 0.25) is 5.91 Å². The van der Waals surface area contributed by atoms with E-state index in [2.05, 4.69) is 10.6 Å². The number of aliphatic hydroxyl groups excluding tert-OH is 1. The van der Waals surface area contributed by atoms with Crippen molar-refractivity contribution in [3.63, 3.8) is 0 Å². The van der Waals surface area contributed by atoms with Crippen LogP contribution in [0.5, 0.6) is 0 Å². The molecule has 1 aliphatic heterocycles. The highest BCUT2D eigenvalue weighted by atomic mass is 16.3. The third kappa shape index (κ3) is 4.94. The number of rotatable bonds is 6. The number of nitrogens with one attached hydrogen (secondary N) is 2. The van der Waals surface area contributed by atoms with Crippen LogP contribution in [0.2, 0.25) is 0 Å². The molecule has 3 aromatic rings. The number of nitrogens with zero attached hydrogens (tertiary/aromatic N) is 1. The van der Waals surface area contributed by atoms with Gasteiger partial charge < -0.3 is 15.7 Å². The zero-order chi connectivity index (χ0) is 23.5. The molecular weight excluding hydrogens is 418 g/mol. The summed E-state index contributed by atoms with van der Waals surface area (Å²) in [6, 6.07) is 20.5. The number of anilines is 1. The van der Waals surface area contributed by atoms with Crippen LogP contribution in [0.25, 0.3) is 11.1 Å². The number of aliphatic hydroxyl groups is 1. The maximum absolute atomic E-state index is 12.9. The Labute approximate surface area is 192 Å². The van der Waals surface area contributed by atoms with Gasteiger partial charge in [-0.25, -0.2) is 4.79 Å². The van der Waals surface area contributed by atoms with Crippen molar-refractivity contribution in [1.82, 2.24) is 10.2 Å². The topological polar surface area (TPSA) is 98.7 Å². The highest BCUT2D eigenvalue weighted by Crippen LogP contribution is 2.27. The number of aryl methyl sites for hydroxylation is 2. The quantitative estimate of drug-likeness (QED) is 0.507. The maximum atomic E-state index is 12.9. The first-order valence-corrected chi connectivity index (χ1v) is 10.7. The smallest absolute Gasteiger partial charge is 0.325 e. The Morgan fingerprint density at radius 3 is 2.27 bits per heavy atom. The van der Waals surface area contributed by atoms with Crippen LogP contribution in [-0.2, 0) is 9.59 Å². The van der Waals surface area contributed by atoms with Crippen LogP contribution in [0, 0.1) is 13.8 Å². The van der Waals surface area contributed by atoms with Gasteiger partial charge in [0.15, 0.2) is 0 Å². The normalized spacial score (nSPS) is 16.5. The van der Waals surface area contributed by atoms with Crippen LogP contribution in [0.3, 0.4) is 0 Å². The molecule has 33 heavy (non-hydrogen) atoms. The molecule has 0 saturated carbocycles. The summed E-state index contributed by atoms with van der Waals surface area (Å²) in [5.74, 6) is -1.15. The van der Waals surface area contributed by atoms with E-state index in [1.807, 2.05) is 56.3 Å². The number of benzene rings is 3. The lowest BCUT2D eigenvalue weighted by Gasteiger charge is -2.18. The summed E-state index contributed by atoms with van der Waals surface area (Å²) >= 11 is 0. The largest absolute Gasteiger partial charge is 0.386 e. The molecule has 7 heteroatoms. The lowest BCUT2D eigenvalue weighted by Crippen LogP contribution is -2.39. The van der Waals surface area contributed by atoms with Gasteiger partial charge in [0, 0.05) is 5.69 Å². The minimum atomic E-state index is -1.25. The van der Waals surface area contributed by atoms with Gasteiger partial charge in [0.1, 0.15) is 18.7 Å². The van der Waals surface area contributed by atoms with Crippen molar-refractivity contribution in [2.75, 3.05) is 11.9 Å². The van der Waals surface area contributed by atoms with Gasteiger partial charge in [0.05, 0.1) is 0 Å². The minimum absolute atomic E-state index is 0.439. The van der Waals surface area contributed by atoms with Crippen LogP contribution in [0.1, 0.15) is 22.8 Å². The zero-order valence-electron chi connectivity index (χ0n) is 18.4. The van der Waals surface area contributed by atoms with Gasteiger partial charge in [-0.2, -0.15) is 0 Å². The van der Waals surface area contributed by atoms with Crippen molar-refractivity contribution in [3.8, 4) is 11.1 Å². The summed E-state index contributed by atoms with van der Waals surface area (Å²) in [6.45, 7) is 3.50. The van der Waals surface area contributed by atoms with Crippen LogP contribution in [-0.4, -0.2) is 40.4 Å².